The fourth-order valence-electron chi connectivity index (χ4n) is 5.37. The number of imidazole rings is 1. The number of aromatic amines is 1. The van der Waals surface area contributed by atoms with E-state index in [1.807, 2.05) is 50.4 Å². The highest BCUT2D eigenvalue weighted by molar-refractivity contribution is 5.96. The number of nitrogens with zero attached hydrogens (tertiary/aromatic N) is 7. The van der Waals surface area contributed by atoms with E-state index in [-0.39, 0.29) is 5.91 Å². The molecule has 1 unspecified atom stereocenters. The molecule has 3 heterocycles. The quantitative estimate of drug-likeness (QED) is 0.263. The van der Waals surface area contributed by atoms with Crippen LogP contribution in [-0.2, 0) is 16.9 Å². The van der Waals surface area contributed by atoms with E-state index in [0.717, 1.165) is 40.9 Å². The summed E-state index contributed by atoms with van der Waals surface area (Å²) in [6.07, 6.45) is 11.5. The Morgan fingerprint density at radius 2 is 1.80 bits per heavy atom. The smallest absolute Gasteiger partial charge is 0.255 e. The normalized spacial score (nSPS) is 16.6. The molecule has 10 nitrogen and oxygen atoms in total. The number of hydrogen-bond acceptors (Lipinski definition) is 7. The maximum atomic E-state index is 13.0. The standard InChI is InChI=1S/C31H36N8O2/c1-4-7-17-31(18-16-25(22-39(31)41)29(40)37(5-2)6-3)30-32-19-20-38(30)21-23-12-14-24(15-13-23)26-10-8-9-11-27(26)28-33-35-36-34-28/h8-16,18-20,22,41H,4-7,17,21H2,1-3H3,(H,33,34,35,36). The molecule has 5 rings (SSSR count). The molecule has 4 aromatic rings. The van der Waals surface area contributed by atoms with Gasteiger partial charge in [0.2, 0.25) is 0 Å². The third kappa shape index (κ3) is 5.55. The Bertz CT molecular complexity index is 1520. The molecule has 0 bridgehead atoms. The molecule has 2 N–H and O–H groups in total. The third-order valence-corrected chi connectivity index (χ3v) is 7.67. The van der Waals surface area contributed by atoms with Crippen molar-refractivity contribution in [3.8, 4) is 22.5 Å². The van der Waals surface area contributed by atoms with Crippen LogP contribution in [0.3, 0.4) is 0 Å². The molecule has 212 valence electrons. The summed E-state index contributed by atoms with van der Waals surface area (Å²) >= 11 is 0. The fraction of sp³-hybridized carbons (Fsp3) is 0.323. The first kappa shape index (κ1) is 28.0. The molecule has 2 aromatic carbocycles. The molecule has 2 aromatic heterocycles. The number of benzene rings is 2. The average Bonchev–Trinajstić information content (AvgIpc) is 3.71. The molecule has 10 heteroatoms. The zero-order valence-electron chi connectivity index (χ0n) is 23.7. The topological polar surface area (TPSA) is 116 Å². The van der Waals surface area contributed by atoms with E-state index >= 15 is 0 Å². The highest BCUT2D eigenvalue weighted by Crippen LogP contribution is 2.38. The number of carbonyl (C=O) groups is 1. The van der Waals surface area contributed by atoms with Crippen molar-refractivity contribution in [2.75, 3.05) is 13.1 Å². The summed E-state index contributed by atoms with van der Waals surface area (Å²) < 4.78 is 2.07. The fourth-order valence-corrected chi connectivity index (χ4v) is 5.37. The Labute approximate surface area is 240 Å². The van der Waals surface area contributed by atoms with Gasteiger partial charge >= 0.3 is 0 Å². The molecule has 1 aliphatic heterocycles. The average molecular weight is 553 g/mol. The number of nitrogens with one attached hydrogen (secondary N) is 1. The van der Waals surface area contributed by atoms with E-state index < -0.39 is 5.54 Å². The molecule has 0 spiro atoms. The molecule has 0 radical (unpaired) electrons. The summed E-state index contributed by atoms with van der Waals surface area (Å²) in [5, 5.41) is 26.9. The number of amides is 1. The Morgan fingerprint density at radius 1 is 1.05 bits per heavy atom. The summed E-state index contributed by atoms with van der Waals surface area (Å²) in [6, 6.07) is 16.4. The molecule has 1 amide bonds. The van der Waals surface area contributed by atoms with E-state index in [2.05, 4.69) is 62.4 Å². The van der Waals surface area contributed by atoms with Gasteiger partial charge in [0.05, 0.1) is 5.57 Å². The van der Waals surface area contributed by atoms with Gasteiger partial charge in [0, 0.05) is 43.8 Å². The van der Waals surface area contributed by atoms with Crippen molar-refractivity contribution in [3.63, 3.8) is 0 Å². The van der Waals surface area contributed by atoms with Gasteiger partial charge in [0.25, 0.3) is 5.91 Å². The van der Waals surface area contributed by atoms with E-state index in [9.17, 15) is 10.0 Å². The van der Waals surface area contributed by atoms with Crippen LogP contribution in [0.5, 0.6) is 0 Å². The first-order valence-corrected chi connectivity index (χ1v) is 14.1. The number of unbranched alkanes of at least 4 members (excludes halogenated alkanes) is 1. The second-order valence-corrected chi connectivity index (χ2v) is 10.1. The summed E-state index contributed by atoms with van der Waals surface area (Å²) in [5.74, 6) is 1.25. The van der Waals surface area contributed by atoms with Crippen molar-refractivity contribution in [3.05, 3.63) is 96.2 Å². The highest BCUT2D eigenvalue weighted by Gasteiger charge is 2.41. The van der Waals surface area contributed by atoms with Crippen LogP contribution in [-0.4, -0.2) is 64.3 Å². The number of tetrazole rings is 1. The maximum Gasteiger partial charge on any atom is 0.255 e. The summed E-state index contributed by atoms with van der Waals surface area (Å²) in [7, 11) is 0. The summed E-state index contributed by atoms with van der Waals surface area (Å²) in [5.41, 5.74) is 3.69. The summed E-state index contributed by atoms with van der Waals surface area (Å²) in [6.45, 7) is 7.82. The SMILES string of the molecule is CCCCC1(c2nccn2Cc2ccc(-c3ccccc3-c3nnn[nH]3)cc2)C=CC(C(=O)N(CC)CC)=CN1O. The van der Waals surface area contributed by atoms with Gasteiger partial charge in [-0.25, -0.2) is 15.1 Å². The number of carbonyl (C=O) groups excluding carboxylic acids is 1. The first-order chi connectivity index (χ1) is 20.0. The van der Waals surface area contributed by atoms with Gasteiger partial charge in [-0.1, -0.05) is 68.3 Å². The number of hydrogen-bond donors (Lipinski definition) is 2. The molecular weight excluding hydrogens is 516 g/mol. The molecule has 0 saturated carbocycles. The van der Waals surface area contributed by atoms with Crippen LogP contribution < -0.4 is 0 Å². The van der Waals surface area contributed by atoms with Gasteiger partial charge in [0.1, 0.15) is 11.4 Å². The Kier molecular flexibility index (Phi) is 8.39. The molecular formula is C31H36N8O2. The minimum Gasteiger partial charge on any atom is -0.339 e. The third-order valence-electron chi connectivity index (χ3n) is 7.67. The number of H-pyrrole nitrogens is 1. The van der Waals surface area contributed by atoms with Gasteiger partial charge < -0.3 is 9.47 Å². The lowest BCUT2D eigenvalue weighted by molar-refractivity contribution is -0.133. The number of rotatable bonds is 11. The van der Waals surface area contributed by atoms with Crippen LogP contribution in [0.25, 0.3) is 22.5 Å². The Morgan fingerprint density at radius 3 is 2.46 bits per heavy atom. The molecule has 1 atom stereocenters. The predicted molar refractivity (Wildman–Crippen MR) is 156 cm³/mol. The first-order valence-electron chi connectivity index (χ1n) is 14.1. The van der Waals surface area contributed by atoms with Crippen molar-refractivity contribution in [1.82, 2.24) is 40.1 Å². The van der Waals surface area contributed by atoms with Crippen LogP contribution in [0, 0.1) is 0 Å². The van der Waals surface area contributed by atoms with Crippen molar-refractivity contribution in [1.29, 1.82) is 0 Å². The van der Waals surface area contributed by atoms with Gasteiger partial charge in [-0.3, -0.25) is 10.0 Å². The van der Waals surface area contributed by atoms with Crippen molar-refractivity contribution in [2.45, 2.75) is 52.1 Å². The lowest BCUT2D eigenvalue weighted by Gasteiger charge is -2.39. The van der Waals surface area contributed by atoms with Gasteiger partial charge in [0.15, 0.2) is 5.82 Å². The van der Waals surface area contributed by atoms with Gasteiger partial charge in [-0.05, 0) is 59.5 Å². The van der Waals surface area contributed by atoms with Gasteiger partial charge in [-0.2, -0.15) is 0 Å². The van der Waals surface area contributed by atoms with Crippen LogP contribution in [0.4, 0.5) is 0 Å². The molecule has 0 saturated heterocycles. The van der Waals surface area contributed by atoms with E-state index in [4.69, 9.17) is 4.98 Å². The van der Waals surface area contributed by atoms with Crippen LogP contribution in [0.1, 0.15) is 51.4 Å². The number of likely N-dealkylation sites (N-methyl/N-ethyl adjacent to an activating group) is 1. The predicted octanol–water partition coefficient (Wildman–Crippen LogP) is 5.18. The highest BCUT2D eigenvalue weighted by atomic mass is 16.5. The molecule has 1 aliphatic rings. The monoisotopic (exact) mass is 552 g/mol. The van der Waals surface area contributed by atoms with E-state index in [0.29, 0.717) is 37.5 Å². The summed E-state index contributed by atoms with van der Waals surface area (Å²) in [4.78, 5) is 19.4. The van der Waals surface area contributed by atoms with Crippen LogP contribution in [0.15, 0.2) is 84.8 Å². The minimum atomic E-state index is -0.878. The molecule has 0 aliphatic carbocycles. The lowest BCUT2D eigenvalue weighted by atomic mass is 9.87. The Balaban J connectivity index is 1.41. The van der Waals surface area contributed by atoms with Crippen LogP contribution in [0.2, 0.25) is 0 Å². The molecule has 41 heavy (non-hydrogen) atoms. The van der Waals surface area contributed by atoms with E-state index in [1.165, 1.54) is 5.06 Å². The maximum absolute atomic E-state index is 13.0. The number of hydroxylamine groups is 2. The van der Waals surface area contributed by atoms with Crippen LogP contribution >= 0.6 is 0 Å². The minimum absolute atomic E-state index is 0.0982. The van der Waals surface area contributed by atoms with Crippen molar-refractivity contribution >= 4 is 5.91 Å². The lowest BCUT2D eigenvalue weighted by Crippen LogP contribution is -2.44. The largest absolute Gasteiger partial charge is 0.339 e. The van der Waals surface area contributed by atoms with Gasteiger partial charge in [-0.15, -0.1) is 5.10 Å². The van der Waals surface area contributed by atoms with Crippen molar-refractivity contribution < 1.29 is 10.0 Å². The molecule has 0 fully saturated rings. The number of aromatic nitrogens is 6. The zero-order valence-corrected chi connectivity index (χ0v) is 23.7. The second-order valence-electron chi connectivity index (χ2n) is 10.1. The second kappa shape index (κ2) is 12.3. The Hall–Kier alpha value is -4.57. The van der Waals surface area contributed by atoms with Crippen molar-refractivity contribution in [2.24, 2.45) is 0 Å². The van der Waals surface area contributed by atoms with E-state index in [1.54, 1.807) is 17.3 Å². The zero-order chi connectivity index (χ0) is 28.8.